The Bertz CT molecular complexity index is 715. The molecule has 5 nitrogen and oxygen atoms in total. The highest BCUT2D eigenvalue weighted by molar-refractivity contribution is 5.91. The molecule has 3 rings (SSSR count). The molecule has 0 spiro atoms. The molecule has 23 heavy (non-hydrogen) atoms. The number of ether oxygens (including phenoxy) is 2. The number of nitrogens with zero attached hydrogens (tertiary/aromatic N) is 1. The van der Waals surface area contributed by atoms with Crippen LogP contribution in [-0.4, -0.2) is 24.6 Å². The van der Waals surface area contributed by atoms with E-state index >= 15 is 0 Å². The maximum Gasteiger partial charge on any atom is 0.227 e. The van der Waals surface area contributed by atoms with E-state index in [0.29, 0.717) is 24.6 Å². The molecular weight excluding hydrogens is 292 g/mol. The SMILES string of the molecule is COc1ccc(NC(=O)CC2OCCc3ccccc32)c(C)n1. The van der Waals surface area contributed by atoms with E-state index in [1.54, 1.807) is 19.2 Å². The Morgan fingerprint density at radius 3 is 2.96 bits per heavy atom. The van der Waals surface area contributed by atoms with Gasteiger partial charge in [-0.25, -0.2) is 4.98 Å². The molecule has 1 unspecified atom stereocenters. The molecule has 120 valence electrons. The molecule has 0 saturated heterocycles. The molecule has 5 heteroatoms. The lowest BCUT2D eigenvalue weighted by atomic mass is 9.95. The van der Waals surface area contributed by atoms with Crippen LogP contribution in [0.3, 0.4) is 0 Å². The molecule has 2 aromatic rings. The number of methoxy groups -OCH3 is 1. The van der Waals surface area contributed by atoms with Crippen LogP contribution in [0.4, 0.5) is 5.69 Å². The minimum Gasteiger partial charge on any atom is -0.481 e. The molecule has 0 saturated carbocycles. The monoisotopic (exact) mass is 312 g/mol. The highest BCUT2D eigenvalue weighted by Gasteiger charge is 2.23. The van der Waals surface area contributed by atoms with E-state index in [4.69, 9.17) is 9.47 Å². The van der Waals surface area contributed by atoms with Gasteiger partial charge in [-0.05, 0) is 30.5 Å². The molecule has 1 N–H and O–H groups in total. The number of hydrogen-bond donors (Lipinski definition) is 1. The van der Waals surface area contributed by atoms with Crippen LogP contribution in [0.25, 0.3) is 0 Å². The molecule has 1 aliphatic rings. The van der Waals surface area contributed by atoms with Crippen LogP contribution in [0.15, 0.2) is 36.4 Å². The van der Waals surface area contributed by atoms with Crippen LogP contribution in [0.2, 0.25) is 0 Å². The third kappa shape index (κ3) is 3.51. The average Bonchev–Trinajstić information content (AvgIpc) is 2.57. The van der Waals surface area contributed by atoms with Crippen molar-refractivity contribution in [1.29, 1.82) is 0 Å². The van der Waals surface area contributed by atoms with Gasteiger partial charge in [-0.15, -0.1) is 0 Å². The van der Waals surface area contributed by atoms with Crippen LogP contribution in [0.1, 0.15) is 29.3 Å². The van der Waals surface area contributed by atoms with Gasteiger partial charge in [-0.2, -0.15) is 0 Å². The van der Waals surface area contributed by atoms with E-state index in [0.717, 1.165) is 17.7 Å². The number of carbonyl (C=O) groups excluding carboxylic acids is 1. The number of nitrogens with one attached hydrogen (secondary N) is 1. The summed E-state index contributed by atoms with van der Waals surface area (Å²) in [6, 6.07) is 11.7. The summed E-state index contributed by atoms with van der Waals surface area (Å²) in [4.78, 5) is 16.6. The molecule has 0 fully saturated rings. The summed E-state index contributed by atoms with van der Waals surface area (Å²) < 4.78 is 10.9. The quantitative estimate of drug-likeness (QED) is 0.942. The zero-order chi connectivity index (χ0) is 16.2. The molecule has 1 aliphatic heterocycles. The van der Waals surface area contributed by atoms with Gasteiger partial charge in [0.05, 0.1) is 37.6 Å². The van der Waals surface area contributed by atoms with Gasteiger partial charge in [-0.1, -0.05) is 24.3 Å². The Morgan fingerprint density at radius 2 is 2.17 bits per heavy atom. The minimum atomic E-state index is -0.188. The second-order valence-electron chi connectivity index (χ2n) is 5.55. The van der Waals surface area contributed by atoms with Crippen molar-refractivity contribution in [1.82, 2.24) is 4.98 Å². The third-order valence-electron chi connectivity index (χ3n) is 4.01. The Kier molecular flexibility index (Phi) is 4.57. The number of hydrogen-bond acceptors (Lipinski definition) is 4. The number of aryl methyl sites for hydroxylation is 1. The molecule has 0 bridgehead atoms. The number of amides is 1. The smallest absolute Gasteiger partial charge is 0.227 e. The molecule has 1 aromatic heterocycles. The fourth-order valence-corrected chi connectivity index (χ4v) is 2.80. The van der Waals surface area contributed by atoms with Crippen LogP contribution in [-0.2, 0) is 16.0 Å². The van der Waals surface area contributed by atoms with Crippen molar-refractivity contribution in [2.45, 2.75) is 25.9 Å². The van der Waals surface area contributed by atoms with Gasteiger partial charge in [-0.3, -0.25) is 4.79 Å². The first-order valence-electron chi connectivity index (χ1n) is 7.68. The molecule has 1 amide bonds. The Hall–Kier alpha value is -2.40. The van der Waals surface area contributed by atoms with Crippen molar-refractivity contribution < 1.29 is 14.3 Å². The van der Waals surface area contributed by atoms with Gasteiger partial charge < -0.3 is 14.8 Å². The molecular formula is C18H20N2O3. The van der Waals surface area contributed by atoms with Crippen LogP contribution in [0, 0.1) is 6.92 Å². The number of anilines is 1. The second-order valence-corrected chi connectivity index (χ2v) is 5.55. The summed E-state index contributed by atoms with van der Waals surface area (Å²) in [7, 11) is 1.57. The van der Waals surface area contributed by atoms with Crippen LogP contribution in [0.5, 0.6) is 5.88 Å². The zero-order valence-corrected chi connectivity index (χ0v) is 13.3. The summed E-state index contributed by atoms with van der Waals surface area (Å²) in [5.41, 5.74) is 3.79. The van der Waals surface area contributed by atoms with Crippen LogP contribution < -0.4 is 10.1 Å². The lowest BCUT2D eigenvalue weighted by Crippen LogP contribution is -2.22. The van der Waals surface area contributed by atoms with Gasteiger partial charge in [0.2, 0.25) is 11.8 Å². The minimum absolute atomic E-state index is 0.0817. The first-order valence-corrected chi connectivity index (χ1v) is 7.68. The number of carbonyl (C=O) groups is 1. The van der Waals surface area contributed by atoms with E-state index < -0.39 is 0 Å². The van der Waals surface area contributed by atoms with Crippen molar-refractivity contribution in [2.75, 3.05) is 19.0 Å². The summed E-state index contributed by atoms with van der Waals surface area (Å²) in [5, 5.41) is 2.90. The molecule has 1 atom stereocenters. The van der Waals surface area contributed by atoms with Crippen molar-refractivity contribution in [3.05, 3.63) is 53.2 Å². The largest absolute Gasteiger partial charge is 0.481 e. The van der Waals surface area contributed by atoms with Gasteiger partial charge in [0.1, 0.15) is 0 Å². The van der Waals surface area contributed by atoms with Gasteiger partial charge in [0, 0.05) is 6.07 Å². The molecule has 0 aliphatic carbocycles. The van der Waals surface area contributed by atoms with Crippen molar-refractivity contribution in [3.63, 3.8) is 0 Å². The highest BCUT2D eigenvalue weighted by atomic mass is 16.5. The topological polar surface area (TPSA) is 60.5 Å². The lowest BCUT2D eigenvalue weighted by molar-refractivity contribution is -0.119. The predicted molar refractivity (Wildman–Crippen MR) is 87.6 cm³/mol. The number of aromatic nitrogens is 1. The van der Waals surface area contributed by atoms with Gasteiger partial charge >= 0.3 is 0 Å². The van der Waals surface area contributed by atoms with Crippen molar-refractivity contribution in [2.24, 2.45) is 0 Å². The normalized spacial score (nSPS) is 16.5. The van der Waals surface area contributed by atoms with E-state index in [1.165, 1.54) is 5.56 Å². The first-order chi connectivity index (χ1) is 11.2. The maximum atomic E-state index is 12.3. The van der Waals surface area contributed by atoms with E-state index in [-0.39, 0.29) is 12.0 Å². The summed E-state index contributed by atoms with van der Waals surface area (Å²) >= 11 is 0. The highest BCUT2D eigenvalue weighted by Crippen LogP contribution is 2.30. The molecule has 1 aromatic carbocycles. The first kappa shape index (κ1) is 15.5. The average molecular weight is 312 g/mol. The van der Waals surface area contributed by atoms with E-state index in [2.05, 4.69) is 16.4 Å². The van der Waals surface area contributed by atoms with Crippen molar-refractivity contribution in [3.8, 4) is 5.88 Å². The summed E-state index contributed by atoms with van der Waals surface area (Å²) in [5.74, 6) is 0.451. The second kappa shape index (κ2) is 6.79. The van der Waals surface area contributed by atoms with Gasteiger partial charge in [0.15, 0.2) is 0 Å². The fourth-order valence-electron chi connectivity index (χ4n) is 2.80. The van der Waals surface area contributed by atoms with Gasteiger partial charge in [0.25, 0.3) is 0 Å². The van der Waals surface area contributed by atoms with Crippen LogP contribution >= 0.6 is 0 Å². The van der Waals surface area contributed by atoms with E-state index in [1.807, 2.05) is 25.1 Å². The third-order valence-corrected chi connectivity index (χ3v) is 4.01. The van der Waals surface area contributed by atoms with Crippen molar-refractivity contribution >= 4 is 11.6 Å². The fraction of sp³-hybridized carbons (Fsp3) is 0.333. The molecule has 0 radical (unpaired) electrons. The number of benzene rings is 1. The predicted octanol–water partition coefficient (Wildman–Crippen LogP) is 3.04. The molecule has 2 heterocycles. The maximum absolute atomic E-state index is 12.3. The number of pyridine rings is 1. The Morgan fingerprint density at radius 1 is 1.35 bits per heavy atom. The number of rotatable bonds is 4. The Labute approximate surface area is 135 Å². The summed E-state index contributed by atoms with van der Waals surface area (Å²) in [6.07, 6.45) is 1.00. The Balaban J connectivity index is 1.69. The summed E-state index contributed by atoms with van der Waals surface area (Å²) in [6.45, 7) is 2.49. The zero-order valence-electron chi connectivity index (χ0n) is 13.3. The van der Waals surface area contributed by atoms with E-state index in [9.17, 15) is 4.79 Å². The lowest BCUT2D eigenvalue weighted by Gasteiger charge is -2.25. The standard InChI is InChI=1S/C18H20N2O3/c1-12-15(7-8-18(19-12)22-2)20-17(21)11-16-14-6-4-3-5-13(14)9-10-23-16/h3-8,16H,9-11H2,1-2H3,(H,20,21). The number of fused-ring (bicyclic) bond motifs is 1.